The highest BCUT2D eigenvalue weighted by Gasteiger charge is 2.32. The molecule has 4 nitrogen and oxygen atoms in total. The highest BCUT2D eigenvalue weighted by Crippen LogP contribution is 2.16. The van der Waals surface area contributed by atoms with E-state index in [2.05, 4.69) is 5.32 Å². The maximum Gasteiger partial charge on any atom is 0.318 e. The molecule has 0 bridgehead atoms. The third kappa shape index (κ3) is 3.33. The predicted octanol–water partition coefficient (Wildman–Crippen LogP) is 1.88. The van der Waals surface area contributed by atoms with Crippen LogP contribution in [0.5, 0.6) is 0 Å². The molecule has 16 heavy (non-hydrogen) atoms. The lowest BCUT2D eigenvalue weighted by molar-refractivity contribution is 0.193. The number of carbonyl (C=O) groups excluding carboxylic acids is 1. The van der Waals surface area contributed by atoms with Crippen LogP contribution in [0.3, 0.4) is 0 Å². The van der Waals surface area contributed by atoms with E-state index in [0.29, 0.717) is 30.9 Å². The third-order valence-electron chi connectivity index (χ3n) is 3.08. The first-order valence-electron chi connectivity index (χ1n) is 5.84. The zero-order chi connectivity index (χ0) is 12.8. The first-order chi connectivity index (χ1) is 7.47. The van der Waals surface area contributed by atoms with Crippen LogP contribution in [0.15, 0.2) is 0 Å². The van der Waals surface area contributed by atoms with Gasteiger partial charge in [0.25, 0.3) is 0 Å². The lowest BCUT2D eigenvalue weighted by atomic mass is 9.93. The summed E-state index contributed by atoms with van der Waals surface area (Å²) in [5.41, 5.74) is 5.18. The van der Waals surface area contributed by atoms with Gasteiger partial charge in [0.15, 0.2) is 0 Å². The summed E-state index contributed by atoms with van der Waals surface area (Å²) in [5.74, 6) is 0. The lowest BCUT2D eigenvalue weighted by Gasteiger charge is -2.34. The predicted molar refractivity (Wildman–Crippen MR) is 71.6 cm³/mol. The van der Waals surface area contributed by atoms with Crippen LogP contribution in [-0.2, 0) is 0 Å². The maximum atomic E-state index is 11.9. The first kappa shape index (κ1) is 15.2. The van der Waals surface area contributed by atoms with Gasteiger partial charge in [-0.05, 0) is 26.7 Å². The number of hydrogen-bond acceptors (Lipinski definition) is 2. The van der Waals surface area contributed by atoms with Crippen molar-refractivity contribution in [3.8, 4) is 0 Å². The monoisotopic (exact) mass is 245 g/mol. The van der Waals surface area contributed by atoms with Gasteiger partial charge in [-0.3, -0.25) is 0 Å². The zero-order valence-electron chi connectivity index (χ0n) is 10.7. The van der Waals surface area contributed by atoms with Crippen molar-refractivity contribution in [3.63, 3.8) is 0 Å². The number of rotatable bonds is 6. The second-order valence-electron chi connectivity index (χ2n) is 3.76. The normalized spacial score (nSPS) is 11.0. The molecule has 0 radical (unpaired) electrons. The standard InChI is InChI=1S/C11H23N3OS/c1-5-11(6-2,9(12)16)13-10(15)14(7-3)8-4/h5-8H2,1-4H3,(H2,12,16)(H,13,15). The Hall–Kier alpha value is -0.840. The molecule has 2 amide bonds. The molecule has 0 aromatic heterocycles. The van der Waals surface area contributed by atoms with Gasteiger partial charge in [-0.1, -0.05) is 26.1 Å². The number of hydrogen-bond donors (Lipinski definition) is 2. The van der Waals surface area contributed by atoms with Crippen LogP contribution < -0.4 is 11.1 Å². The summed E-state index contributed by atoms with van der Waals surface area (Å²) in [6, 6.07) is -0.0958. The second-order valence-corrected chi connectivity index (χ2v) is 4.20. The molecule has 0 unspecified atom stereocenters. The minimum absolute atomic E-state index is 0.0958. The highest BCUT2D eigenvalue weighted by atomic mass is 32.1. The molecule has 0 rings (SSSR count). The van der Waals surface area contributed by atoms with Gasteiger partial charge in [0.2, 0.25) is 0 Å². The van der Waals surface area contributed by atoms with Crippen LogP contribution in [0.1, 0.15) is 40.5 Å². The van der Waals surface area contributed by atoms with Crippen molar-refractivity contribution in [2.75, 3.05) is 13.1 Å². The van der Waals surface area contributed by atoms with E-state index in [0.717, 1.165) is 0 Å². The number of nitrogens with one attached hydrogen (secondary N) is 1. The van der Waals surface area contributed by atoms with Gasteiger partial charge >= 0.3 is 6.03 Å². The number of nitrogens with two attached hydrogens (primary N) is 1. The fraction of sp³-hybridized carbons (Fsp3) is 0.818. The molecule has 94 valence electrons. The summed E-state index contributed by atoms with van der Waals surface area (Å²) in [6.45, 7) is 9.22. The molecule has 0 aliphatic heterocycles. The van der Waals surface area contributed by atoms with E-state index in [1.54, 1.807) is 4.90 Å². The lowest BCUT2D eigenvalue weighted by Crippen LogP contribution is -2.59. The molecular formula is C11H23N3OS. The molecule has 5 heteroatoms. The number of urea groups is 1. The number of thiocarbonyl (C=S) groups is 1. The van der Waals surface area contributed by atoms with Crippen LogP contribution in [0.4, 0.5) is 4.79 Å². The molecule has 0 saturated heterocycles. The van der Waals surface area contributed by atoms with E-state index in [4.69, 9.17) is 18.0 Å². The Kier molecular flexibility index (Phi) is 6.33. The molecule has 0 aromatic rings. The van der Waals surface area contributed by atoms with Gasteiger partial charge in [-0.15, -0.1) is 0 Å². The topological polar surface area (TPSA) is 58.4 Å². The van der Waals surface area contributed by atoms with Gasteiger partial charge in [-0.25, -0.2) is 4.79 Å². The van der Waals surface area contributed by atoms with Crippen LogP contribution in [-0.4, -0.2) is 34.5 Å². The Bertz CT molecular complexity index is 248. The largest absolute Gasteiger partial charge is 0.391 e. The molecule has 0 aliphatic rings. The Morgan fingerprint density at radius 1 is 1.25 bits per heavy atom. The van der Waals surface area contributed by atoms with E-state index < -0.39 is 5.54 Å². The summed E-state index contributed by atoms with van der Waals surface area (Å²) < 4.78 is 0. The average Bonchev–Trinajstić information content (AvgIpc) is 2.27. The summed E-state index contributed by atoms with van der Waals surface area (Å²) in [5, 5.41) is 2.95. The van der Waals surface area contributed by atoms with Crippen LogP contribution >= 0.6 is 12.2 Å². The van der Waals surface area contributed by atoms with Crippen molar-refractivity contribution in [2.24, 2.45) is 5.73 Å². The quantitative estimate of drug-likeness (QED) is 0.703. The molecule has 0 atom stereocenters. The Morgan fingerprint density at radius 2 is 1.69 bits per heavy atom. The van der Waals surface area contributed by atoms with E-state index in [1.807, 2.05) is 27.7 Å². The number of nitrogens with zero attached hydrogens (tertiary/aromatic N) is 1. The third-order valence-corrected chi connectivity index (χ3v) is 3.47. The van der Waals surface area contributed by atoms with Gasteiger partial charge in [0.1, 0.15) is 0 Å². The smallest absolute Gasteiger partial charge is 0.318 e. The van der Waals surface area contributed by atoms with Crippen LogP contribution in [0, 0.1) is 0 Å². The van der Waals surface area contributed by atoms with Gasteiger partial charge < -0.3 is 16.0 Å². The molecule has 0 aliphatic carbocycles. The Balaban J connectivity index is 4.76. The minimum atomic E-state index is -0.547. The Labute approximate surface area is 104 Å². The Morgan fingerprint density at radius 3 is 1.94 bits per heavy atom. The van der Waals surface area contributed by atoms with E-state index in [-0.39, 0.29) is 6.03 Å². The van der Waals surface area contributed by atoms with Crippen molar-refractivity contribution in [2.45, 2.75) is 46.1 Å². The van der Waals surface area contributed by atoms with Crippen molar-refractivity contribution in [1.29, 1.82) is 0 Å². The molecule has 0 aromatic carbocycles. The molecule has 0 spiro atoms. The molecule has 0 fully saturated rings. The van der Waals surface area contributed by atoms with E-state index in [9.17, 15) is 4.79 Å². The minimum Gasteiger partial charge on any atom is -0.391 e. The van der Waals surface area contributed by atoms with E-state index in [1.165, 1.54) is 0 Å². The van der Waals surface area contributed by atoms with Gasteiger partial charge in [0.05, 0.1) is 10.5 Å². The molecule has 0 heterocycles. The zero-order valence-corrected chi connectivity index (χ0v) is 11.5. The van der Waals surface area contributed by atoms with Crippen molar-refractivity contribution in [1.82, 2.24) is 10.2 Å². The first-order valence-corrected chi connectivity index (χ1v) is 6.25. The van der Waals surface area contributed by atoms with Crippen LogP contribution in [0.25, 0.3) is 0 Å². The fourth-order valence-corrected chi connectivity index (χ4v) is 1.97. The maximum absolute atomic E-state index is 11.9. The SMILES string of the molecule is CCN(CC)C(=O)NC(CC)(CC)C(N)=S. The van der Waals surface area contributed by atoms with Gasteiger partial charge in [-0.2, -0.15) is 0 Å². The van der Waals surface area contributed by atoms with Gasteiger partial charge in [0, 0.05) is 13.1 Å². The van der Waals surface area contributed by atoms with Crippen molar-refractivity contribution < 1.29 is 4.79 Å². The van der Waals surface area contributed by atoms with E-state index >= 15 is 0 Å². The van der Waals surface area contributed by atoms with Crippen LogP contribution in [0.2, 0.25) is 0 Å². The second kappa shape index (κ2) is 6.68. The summed E-state index contributed by atoms with van der Waals surface area (Å²) in [6.07, 6.45) is 1.43. The number of carbonyl (C=O) groups is 1. The fourth-order valence-electron chi connectivity index (χ4n) is 1.63. The van der Waals surface area contributed by atoms with Crippen molar-refractivity contribution >= 4 is 23.2 Å². The molecular weight excluding hydrogens is 222 g/mol. The summed E-state index contributed by atoms with van der Waals surface area (Å²) in [7, 11) is 0. The summed E-state index contributed by atoms with van der Waals surface area (Å²) >= 11 is 5.05. The average molecular weight is 245 g/mol. The number of amides is 2. The summed E-state index contributed by atoms with van der Waals surface area (Å²) in [4.78, 5) is 14.0. The molecule has 3 N–H and O–H groups in total. The highest BCUT2D eigenvalue weighted by molar-refractivity contribution is 7.80. The van der Waals surface area contributed by atoms with Crippen molar-refractivity contribution in [3.05, 3.63) is 0 Å². The molecule has 0 saturated carbocycles.